The van der Waals surface area contributed by atoms with Crippen LogP contribution in [-0.2, 0) is 19.1 Å². The van der Waals surface area contributed by atoms with Gasteiger partial charge in [-0.1, -0.05) is 5.92 Å². The van der Waals surface area contributed by atoms with Crippen molar-refractivity contribution in [2.24, 2.45) is 11.8 Å². The summed E-state index contributed by atoms with van der Waals surface area (Å²) in [6.07, 6.45) is 0.983. The van der Waals surface area contributed by atoms with Crippen LogP contribution in [0.5, 0.6) is 0 Å². The van der Waals surface area contributed by atoms with Crippen molar-refractivity contribution >= 4 is 28.9 Å². The maximum Gasteiger partial charge on any atom is 0.302 e. The quantitative estimate of drug-likeness (QED) is 0.318. The Bertz CT molecular complexity index is 1170. The van der Waals surface area contributed by atoms with Crippen molar-refractivity contribution in [3.63, 3.8) is 0 Å². The third-order valence-electron chi connectivity index (χ3n) is 6.65. The number of fused-ring (bicyclic) bond motifs is 1. The number of imidazole rings is 1. The number of aromatic nitrogens is 4. The lowest BCUT2D eigenvalue weighted by atomic mass is 9.81. The van der Waals surface area contributed by atoms with Crippen LogP contribution in [0.4, 0.5) is 5.82 Å². The second-order valence-electron chi connectivity index (χ2n) is 9.27. The van der Waals surface area contributed by atoms with E-state index in [9.17, 15) is 19.8 Å². The number of hydrogen-bond acceptors (Lipinski definition) is 10. The smallest absolute Gasteiger partial charge is 0.302 e. The molecule has 12 heteroatoms. The van der Waals surface area contributed by atoms with Crippen LogP contribution in [0.15, 0.2) is 6.33 Å². The van der Waals surface area contributed by atoms with E-state index in [1.54, 1.807) is 6.92 Å². The van der Waals surface area contributed by atoms with E-state index in [0.29, 0.717) is 36.9 Å². The zero-order valence-electron chi connectivity index (χ0n) is 20.4. The molecule has 2 fully saturated rings. The zero-order valence-corrected chi connectivity index (χ0v) is 20.4. The largest absolute Gasteiger partial charge is 0.466 e. The SMILES string of the molecule is CCNC(=O)[C@H]1O[C@@H](n2cnc3c(N)nc(C#CCC4CCC(COC(C)=O)CC4)nc32)[C@@H](O)[C@@H]1O. The third-order valence-corrected chi connectivity index (χ3v) is 6.65. The second-order valence-corrected chi connectivity index (χ2v) is 9.27. The van der Waals surface area contributed by atoms with Crippen molar-refractivity contribution in [2.45, 2.75) is 70.5 Å². The van der Waals surface area contributed by atoms with Crippen molar-refractivity contribution in [1.29, 1.82) is 0 Å². The average molecular weight is 501 g/mol. The first-order valence-corrected chi connectivity index (χ1v) is 12.2. The summed E-state index contributed by atoms with van der Waals surface area (Å²) in [6, 6.07) is 0. The molecule has 2 aromatic rings. The van der Waals surface area contributed by atoms with Crippen molar-refractivity contribution in [3.8, 4) is 11.8 Å². The number of nitrogen functional groups attached to an aromatic ring is 1. The number of aliphatic hydroxyl groups excluding tert-OH is 2. The van der Waals surface area contributed by atoms with Gasteiger partial charge in [0.15, 0.2) is 23.8 Å². The molecule has 1 amide bonds. The lowest BCUT2D eigenvalue weighted by Gasteiger charge is -2.26. The summed E-state index contributed by atoms with van der Waals surface area (Å²) >= 11 is 0. The summed E-state index contributed by atoms with van der Waals surface area (Å²) in [6.45, 7) is 4.02. The van der Waals surface area contributed by atoms with E-state index < -0.39 is 30.4 Å². The number of carbonyl (C=O) groups is 2. The highest BCUT2D eigenvalue weighted by atomic mass is 16.6. The first kappa shape index (κ1) is 25.8. The van der Waals surface area contributed by atoms with Gasteiger partial charge in [-0.2, -0.15) is 0 Å². The number of rotatable bonds is 6. The highest BCUT2D eigenvalue weighted by Gasteiger charge is 2.47. The fourth-order valence-corrected chi connectivity index (χ4v) is 4.67. The summed E-state index contributed by atoms with van der Waals surface area (Å²) in [5, 5.41) is 23.5. The number of carbonyl (C=O) groups excluding carboxylic acids is 2. The minimum Gasteiger partial charge on any atom is -0.466 e. The predicted molar refractivity (Wildman–Crippen MR) is 128 cm³/mol. The molecule has 5 N–H and O–H groups in total. The van der Waals surface area contributed by atoms with E-state index in [-0.39, 0.29) is 23.3 Å². The number of aliphatic hydroxyl groups is 2. The molecule has 3 heterocycles. The zero-order chi connectivity index (χ0) is 25.8. The van der Waals surface area contributed by atoms with Crippen molar-refractivity contribution in [2.75, 3.05) is 18.9 Å². The molecule has 0 radical (unpaired) electrons. The number of nitrogens with zero attached hydrogens (tertiary/aromatic N) is 4. The molecule has 0 unspecified atom stereocenters. The van der Waals surface area contributed by atoms with Gasteiger partial charge in [0.05, 0.1) is 12.9 Å². The Morgan fingerprint density at radius 1 is 1.22 bits per heavy atom. The van der Waals surface area contributed by atoms with Crippen LogP contribution in [-0.4, -0.2) is 73.1 Å². The van der Waals surface area contributed by atoms with Gasteiger partial charge in [0.1, 0.15) is 17.7 Å². The number of anilines is 1. The number of nitrogens with two attached hydrogens (primary N) is 1. The Morgan fingerprint density at radius 2 is 1.94 bits per heavy atom. The van der Waals surface area contributed by atoms with Gasteiger partial charge in [0, 0.05) is 19.9 Å². The molecule has 0 bridgehead atoms. The van der Waals surface area contributed by atoms with E-state index in [1.165, 1.54) is 17.8 Å². The van der Waals surface area contributed by atoms with Crippen LogP contribution in [0, 0.1) is 23.7 Å². The first-order valence-electron chi connectivity index (χ1n) is 12.2. The molecule has 0 spiro atoms. The molecule has 0 aromatic carbocycles. The Hall–Kier alpha value is -3.27. The van der Waals surface area contributed by atoms with Crippen molar-refractivity contribution < 1.29 is 29.3 Å². The molecule has 1 aliphatic heterocycles. The molecule has 2 aliphatic rings. The van der Waals surface area contributed by atoms with Gasteiger partial charge < -0.3 is 30.7 Å². The molecule has 1 aliphatic carbocycles. The van der Waals surface area contributed by atoms with E-state index in [2.05, 4.69) is 32.1 Å². The van der Waals surface area contributed by atoms with E-state index in [4.69, 9.17) is 15.2 Å². The van der Waals surface area contributed by atoms with Crippen LogP contribution in [0.2, 0.25) is 0 Å². The van der Waals surface area contributed by atoms with Crippen molar-refractivity contribution in [1.82, 2.24) is 24.8 Å². The van der Waals surface area contributed by atoms with Crippen molar-refractivity contribution in [3.05, 3.63) is 12.2 Å². The van der Waals surface area contributed by atoms with Crippen LogP contribution < -0.4 is 11.1 Å². The number of nitrogens with one attached hydrogen (secondary N) is 1. The van der Waals surface area contributed by atoms with E-state index in [1.807, 2.05) is 0 Å². The molecule has 4 atom stereocenters. The normalized spacial score (nSPS) is 27.9. The molecule has 194 valence electrons. The Labute approximate surface area is 208 Å². The van der Waals surface area contributed by atoms with E-state index in [0.717, 1.165) is 25.7 Å². The van der Waals surface area contributed by atoms with Crippen LogP contribution in [0.1, 0.15) is 58.0 Å². The van der Waals surface area contributed by atoms with Crippen LogP contribution >= 0.6 is 0 Å². The molecule has 2 aromatic heterocycles. The molecule has 1 saturated heterocycles. The third kappa shape index (κ3) is 5.59. The number of ether oxygens (including phenoxy) is 2. The summed E-state index contributed by atoms with van der Waals surface area (Å²) in [4.78, 5) is 36.1. The average Bonchev–Trinajstić information content (AvgIpc) is 3.40. The van der Waals surface area contributed by atoms with Crippen LogP contribution in [0.25, 0.3) is 11.2 Å². The summed E-state index contributed by atoms with van der Waals surface area (Å²) in [7, 11) is 0. The Kier molecular flexibility index (Phi) is 8.03. The monoisotopic (exact) mass is 500 g/mol. The highest BCUT2D eigenvalue weighted by Crippen LogP contribution is 2.33. The van der Waals surface area contributed by atoms with Gasteiger partial charge in [0.2, 0.25) is 5.82 Å². The maximum absolute atomic E-state index is 12.2. The lowest BCUT2D eigenvalue weighted by molar-refractivity contribution is -0.142. The van der Waals surface area contributed by atoms with Gasteiger partial charge in [-0.15, -0.1) is 0 Å². The van der Waals surface area contributed by atoms with Gasteiger partial charge in [-0.25, -0.2) is 15.0 Å². The van der Waals surface area contributed by atoms with Gasteiger partial charge in [0.25, 0.3) is 5.91 Å². The Morgan fingerprint density at radius 3 is 2.64 bits per heavy atom. The molecule has 12 nitrogen and oxygen atoms in total. The fourth-order valence-electron chi connectivity index (χ4n) is 4.67. The summed E-state index contributed by atoms with van der Waals surface area (Å²) in [5.41, 5.74) is 6.67. The number of esters is 1. The second kappa shape index (κ2) is 11.2. The standard InChI is InChI=1S/C24H32N6O6/c1-3-26-23(34)20-18(32)19(33)24(36-20)30-12-27-17-21(25)28-16(29-22(17)30)6-4-5-14-7-9-15(10-8-14)11-35-13(2)31/h12,14-15,18-20,24,32-33H,3,5,7-11H2,1-2H3,(H,26,34)(H2,25,28,29)/t14?,15?,18-,19-,20-,24+/m0/s1. The minimum atomic E-state index is -1.42. The molecular weight excluding hydrogens is 468 g/mol. The molecule has 4 rings (SSSR count). The van der Waals surface area contributed by atoms with Gasteiger partial charge in [-0.05, 0) is 50.4 Å². The Balaban J connectivity index is 1.45. The summed E-state index contributed by atoms with van der Waals surface area (Å²) in [5.74, 6) is 6.54. The minimum absolute atomic E-state index is 0.127. The topological polar surface area (TPSA) is 175 Å². The van der Waals surface area contributed by atoms with E-state index >= 15 is 0 Å². The predicted octanol–water partition coefficient (Wildman–Crippen LogP) is 0.275. The number of amides is 1. The highest BCUT2D eigenvalue weighted by molar-refractivity contribution is 5.83. The van der Waals surface area contributed by atoms with Crippen LogP contribution in [0.3, 0.4) is 0 Å². The van der Waals surface area contributed by atoms with Gasteiger partial charge >= 0.3 is 5.97 Å². The van der Waals surface area contributed by atoms with Gasteiger partial charge in [-0.3, -0.25) is 14.2 Å². The number of hydrogen-bond donors (Lipinski definition) is 4. The molecular formula is C24H32N6O6. The molecule has 1 saturated carbocycles. The maximum atomic E-state index is 12.2. The number of likely N-dealkylation sites (N-methyl/N-ethyl adjacent to an activating group) is 1. The molecule has 36 heavy (non-hydrogen) atoms. The summed E-state index contributed by atoms with van der Waals surface area (Å²) < 4.78 is 12.2. The fraction of sp³-hybridized carbons (Fsp3) is 0.625. The first-order chi connectivity index (χ1) is 17.3. The lowest BCUT2D eigenvalue weighted by Crippen LogP contribution is -2.42.